The van der Waals surface area contributed by atoms with Crippen LogP contribution < -0.4 is 10.6 Å². The van der Waals surface area contributed by atoms with Crippen molar-refractivity contribution in [2.75, 3.05) is 17.2 Å². The molecule has 0 spiro atoms. The van der Waals surface area contributed by atoms with Crippen molar-refractivity contribution in [1.82, 2.24) is 0 Å². The normalized spacial score (nSPS) is 15.2. The Hall–Kier alpha value is -2.15. The van der Waals surface area contributed by atoms with E-state index < -0.39 is 11.0 Å². The summed E-state index contributed by atoms with van der Waals surface area (Å²) in [6.45, 7) is 2.05. The van der Waals surface area contributed by atoms with Gasteiger partial charge in [-0.05, 0) is 24.5 Å². The summed E-state index contributed by atoms with van der Waals surface area (Å²) in [6.07, 6.45) is 0.827. The van der Waals surface area contributed by atoms with E-state index in [1.54, 1.807) is 6.07 Å². The number of carbonyl (C=O) groups excluding carboxylic acids is 1. The van der Waals surface area contributed by atoms with Crippen LogP contribution in [-0.2, 0) is 11.2 Å². The zero-order valence-corrected chi connectivity index (χ0v) is 11.2. The van der Waals surface area contributed by atoms with E-state index in [9.17, 15) is 20.0 Å². The van der Waals surface area contributed by atoms with Crippen LogP contribution >= 0.6 is 0 Å². The standard InChI is InChI=1S/C13H17N3O4/c1-2-9(17)7-14-11-6-10-8(3-4-13(18)15-10)5-12(11)16(19)20/h5-6,9,14,17H,2-4,7H2,1H3,(H,15,18). The minimum atomic E-state index is -0.569. The van der Waals surface area contributed by atoms with Gasteiger partial charge in [0.05, 0.1) is 11.0 Å². The Labute approximate surface area is 116 Å². The van der Waals surface area contributed by atoms with Crippen molar-refractivity contribution in [1.29, 1.82) is 0 Å². The molecule has 1 aromatic carbocycles. The van der Waals surface area contributed by atoms with Gasteiger partial charge in [0.2, 0.25) is 5.91 Å². The fraction of sp³-hybridized carbons (Fsp3) is 0.462. The lowest BCUT2D eigenvalue weighted by atomic mass is 10.0. The first-order valence-corrected chi connectivity index (χ1v) is 6.54. The number of hydrogen-bond donors (Lipinski definition) is 3. The van der Waals surface area contributed by atoms with Gasteiger partial charge in [-0.3, -0.25) is 14.9 Å². The molecule has 0 bridgehead atoms. The molecule has 1 aliphatic rings. The highest BCUT2D eigenvalue weighted by atomic mass is 16.6. The largest absolute Gasteiger partial charge is 0.391 e. The molecule has 0 saturated carbocycles. The van der Waals surface area contributed by atoms with Gasteiger partial charge in [0.15, 0.2) is 0 Å². The van der Waals surface area contributed by atoms with E-state index in [2.05, 4.69) is 10.6 Å². The molecule has 1 atom stereocenters. The van der Waals surface area contributed by atoms with E-state index in [1.807, 2.05) is 6.92 Å². The third-order valence-corrected chi connectivity index (χ3v) is 3.31. The zero-order chi connectivity index (χ0) is 14.7. The minimum absolute atomic E-state index is 0.0387. The predicted octanol–water partition coefficient (Wildman–Crippen LogP) is 1.66. The number of hydrogen-bond acceptors (Lipinski definition) is 5. The lowest BCUT2D eigenvalue weighted by molar-refractivity contribution is -0.384. The summed E-state index contributed by atoms with van der Waals surface area (Å²) in [5.41, 5.74) is 1.63. The molecule has 2 rings (SSSR count). The van der Waals surface area contributed by atoms with Gasteiger partial charge in [-0.1, -0.05) is 6.92 Å². The zero-order valence-electron chi connectivity index (χ0n) is 11.2. The van der Waals surface area contributed by atoms with Crippen LogP contribution in [0.15, 0.2) is 12.1 Å². The van der Waals surface area contributed by atoms with Gasteiger partial charge in [-0.15, -0.1) is 0 Å². The summed E-state index contributed by atoms with van der Waals surface area (Å²) in [7, 11) is 0. The third kappa shape index (κ3) is 3.05. The summed E-state index contributed by atoms with van der Waals surface area (Å²) in [6, 6.07) is 3.04. The summed E-state index contributed by atoms with van der Waals surface area (Å²) in [4.78, 5) is 22.0. The highest BCUT2D eigenvalue weighted by molar-refractivity contribution is 5.95. The second-order valence-electron chi connectivity index (χ2n) is 4.77. The number of aliphatic hydroxyl groups is 1. The number of rotatable bonds is 5. The van der Waals surface area contributed by atoms with Crippen molar-refractivity contribution in [2.45, 2.75) is 32.3 Å². The molecule has 1 heterocycles. The molecule has 0 aliphatic carbocycles. The third-order valence-electron chi connectivity index (χ3n) is 3.31. The Morgan fingerprint density at radius 3 is 2.90 bits per heavy atom. The molecular weight excluding hydrogens is 262 g/mol. The Kier molecular flexibility index (Phi) is 4.19. The van der Waals surface area contributed by atoms with Crippen LogP contribution in [0, 0.1) is 10.1 Å². The first-order valence-electron chi connectivity index (χ1n) is 6.54. The highest BCUT2D eigenvalue weighted by Gasteiger charge is 2.22. The topological polar surface area (TPSA) is 104 Å². The second-order valence-corrected chi connectivity index (χ2v) is 4.77. The number of amides is 1. The molecule has 108 valence electrons. The van der Waals surface area contributed by atoms with Crippen LogP contribution in [0.3, 0.4) is 0 Å². The van der Waals surface area contributed by atoms with Gasteiger partial charge in [-0.2, -0.15) is 0 Å². The van der Waals surface area contributed by atoms with Crippen molar-refractivity contribution in [3.05, 3.63) is 27.8 Å². The van der Waals surface area contributed by atoms with E-state index in [0.29, 0.717) is 30.6 Å². The summed E-state index contributed by atoms with van der Waals surface area (Å²) >= 11 is 0. The molecule has 0 fully saturated rings. The number of nitro benzene ring substituents is 1. The molecule has 0 radical (unpaired) electrons. The lowest BCUT2D eigenvalue weighted by Gasteiger charge is -2.19. The predicted molar refractivity (Wildman–Crippen MR) is 74.8 cm³/mol. The highest BCUT2D eigenvalue weighted by Crippen LogP contribution is 2.34. The van der Waals surface area contributed by atoms with Crippen molar-refractivity contribution in [3.8, 4) is 0 Å². The average Bonchev–Trinajstić information content (AvgIpc) is 2.43. The Morgan fingerprint density at radius 1 is 1.50 bits per heavy atom. The minimum Gasteiger partial charge on any atom is -0.391 e. The maximum Gasteiger partial charge on any atom is 0.292 e. The molecule has 0 saturated heterocycles. The molecule has 3 N–H and O–H groups in total. The van der Waals surface area contributed by atoms with Crippen LogP contribution in [-0.4, -0.2) is 28.6 Å². The Morgan fingerprint density at radius 2 is 2.25 bits per heavy atom. The van der Waals surface area contributed by atoms with Crippen molar-refractivity contribution >= 4 is 23.0 Å². The van der Waals surface area contributed by atoms with Gasteiger partial charge in [0.25, 0.3) is 5.69 Å². The Bertz CT molecular complexity index is 545. The number of nitro groups is 1. The number of nitrogens with one attached hydrogen (secondary N) is 2. The SMILES string of the molecule is CCC(O)CNc1cc2c(cc1[N+](=O)[O-])CCC(=O)N2. The van der Waals surface area contributed by atoms with E-state index in [0.717, 1.165) is 5.56 Å². The van der Waals surface area contributed by atoms with Crippen molar-refractivity contribution in [2.24, 2.45) is 0 Å². The van der Waals surface area contributed by atoms with Gasteiger partial charge in [0, 0.05) is 24.7 Å². The molecule has 0 aromatic heterocycles. The van der Waals surface area contributed by atoms with Gasteiger partial charge in [0.1, 0.15) is 5.69 Å². The summed E-state index contributed by atoms with van der Waals surface area (Å²) < 4.78 is 0. The number of nitrogens with zero attached hydrogens (tertiary/aromatic N) is 1. The van der Waals surface area contributed by atoms with Gasteiger partial charge >= 0.3 is 0 Å². The molecule has 1 unspecified atom stereocenters. The summed E-state index contributed by atoms with van der Waals surface area (Å²) in [5.74, 6) is -0.0918. The molecule has 7 heteroatoms. The fourth-order valence-electron chi connectivity index (χ4n) is 2.08. The van der Waals surface area contributed by atoms with Crippen molar-refractivity contribution < 1.29 is 14.8 Å². The lowest BCUT2D eigenvalue weighted by Crippen LogP contribution is -2.21. The molecular formula is C13H17N3O4. The van der Waals surface area contributed by atoms with E-state index in [1.165, 1.54) is 6.07 Å². The maximum absolute atomic E-state index is 11.4. The van der Waals surface area contributed by atoms with Gasteiger partial charge < -0.3 is 15.7 Å². The number of aliphatic hydroxyl groups excluding tert-OH is 1. The quantitative estimate of drug-likeness (QED) is 0.561. The van der Waals surface area contributed by atoms with Crippen LogP contribution in [0.1, 0.15) is 25.3 Å². The fourth-order valence-corrected chi connectivity index (χ4v) is 2.08. The Balaban J connectivity index is 2.30. The molecule has 20 heavy (non-hydrogen) atoms. The number of carbonyl (C=O) groups is 1. The number of benzene rings is 1. The molecule has 1 amide bonds. The van der Waals surface area contributed by atoms with Gasteiger partial charge in [-0.25, -0.2) is 0 Å². The van der Waals surface area contributed by atoms with Crippen molar-refractivity contribution in [3.63, 3.8) is 0 Å². The number of aryl methyl sites for hydroxylation is 1. The first kappa shape index (κ1) is 14.3. The summed E-state index contributed by atoms with van der Waals surface area (Å²) in [5, 5.41) is 26.2. The smallest absolute Gasteiger partial charge is 0.292 e. The number of fused-ring (bicyclic) bond motifs is 1. The maximum atomic E-state index is 11.4. The molecule has 1 aromatic rings. The van der Waals surface area contributed by atoms with Crippen LogP contribution in [0.2, 0.25) is 0 Å². The second kappa shape index (κ2) is 5.87. The average molecular weight is 279 g/mol. The molecule has 7 nitrogen and oxygen atoms in total. The van der Waals surface area contributed by atoms with E-state index in [4.69, 9.17) is 0 Å². The first-order chi connectivity index (χ1) is 9.51. The van der Waals surface area contributed by atoms with Crippen LogP contribution in [0.25, 0.3) is 0 Å². The van der Waals surface area contributed by atoms with Crippen LogP contribution in [0.4, 0.5) is 17.1 Å². The van der Waals surface area contributed by atoms with E-state index >= 15 is 0 Å². The molecule has 1 aliphatic heterocycles. The van der Waals surface area contributed by atoms with Crippen LogP contribution in [0.5, 0.6) is 0 Å². The van der Waals surface area contributed by atoms with E-state index in [-0.39, 0.29) is 18.1 Å². The number of anilines is 2. The monoisotopic (exact) mass is 279 g/mol.